The predicted molar refractivity (Wildman–Crippen MR) is 86.4 cm³/mol. The molecule has 0 fully saturated rings. The molecule has 0 radical (unpaired) electrons. The Balaban J connectivity index is 1.92. The molecule has 0 amide bonds. The van der Waals surface area contributed by atoms with Crippen molar-refractivity contribution >= 4 is 17.6 Å². The van der Waals surface area contributed by atoms with E-state index < -0.39 is 0 Å². The smallest absolute Gasteiger partial charge is 0.191 e. The van der Waals surface area contributed by atoms with Crippen LogP contribution in [0.3, 0.4) is 0 Å². The topological polar surface area (TPSA) is 36.4 Å². The van der Waals surface area contributed by atoms with Crippen LogP contribution in [-0.4, -0.2) is 25.1 Å². The highest BCUT2D eigenvalue weighted by Crippen LogP contribution is 2.19. The van der Waals surface area contributed by atoms with E-state index in [1.807, 2.05) is 6.92 Å². The van der Waals surface area contributed by atoms with Gasteiger partial charge in [0.1, 0.15) is 5.82 Å². The molecule has 1 aliphatic rings. The third kappa shape index (κ3) is 4.74. The molecule has 114 valence electrons. The fourth-order valence-electron chi connectivity index (χ4n) is 2.30. The van der Waals surface area contributed by atoms with E-state index in [-0.39, 0.29) is 5.82 Å². The molecule has 1 aromatic rings. The van der Waals surface area contributed by atoms with E-state index in [1.54, 1.807) is 12.1 Å². The van der Waals surface area contributed by atoms with Gasteiger partial charge in [-0.25, -0.2) is 4.39 Å². The van der Waals surface area contributed by atoms with E-state index in [9.17, 15) is 4.39 Å². The third-order valence-electron chi connectivity index (χ3n) is 3.39. The summed E-state index contributed by atoms with van der Waals surface area (Å²) in [5, 5.41) is 7.05. The summed E-state index contributed by atoms with van der Waals surface area (Å²) in [6.45, 7) is 3.32. The Morgan fingerprint density at radius 1 is 1.38 bits per heavy atom. The standard InChI is InChI=1S/C16H21ClFN3/c1-2-19-16(21-12-6-3-4-7-12)20-11-10-13-14(17)8-5-9-15(13)18/h3-5,8-9,12H,2,6-7,10-11H2,1H3,(H2,19,20,21). The summed E-state index contributed by atoms with van der Waals surface area (Å²) in [4.78, 5) is 4.50. The Bertz CT molecular complexity index is 500. The zero-order chi connectivity index (χ0) is 15.1. The van der Waals surface area contributed by atoms with Crippen molar-refractivity contribution in [2.24, 2.45) is 4.99 Å². The monoisotopic (exact) mass is 309 g/mol. The van der Waals surface area contributed by atoms with Gasteiger partial charge in [-0.2, -0.15) is 0 Å². The molecule has 0 heterocycles. The summed E-state index contributed by atoms with van der Waals surface area (Å²) >= 11 is 6.02. The van der Waals surface area contributed by atoms with Crippen LogP contribution in [0, 0.1) is 5.82 Å². The van der Waals surface area contributed by atoms with Gasteiger partial charge in [0.25, 0.3) is 0 Å². The number of halogens is 2. The zero-order valence-electron chi connectivity index (χ0n) is 12.2. The fourth-order valence-corrected chi connectivity index (χ4v) is 2.56. The number of hydrogen-bond donors (Lipinski definition) is 2. The number of nitrogens with zero attached hydrogens (tertiary/aromatic N) is 1. The summed E-state index contributed by atoms with van der Waals surface area (Å²) in [5.41, 5.74) is 0.529. The molecule has 5 heteroatoms. The van der Waals surface area contributed by atoms with Crippen molar-refractivity contribution in [2.75, 3.05) is 13.1 Å². The molecule has 0 aromatic heterocycles. The molecule has 0 unspecified atom stereocenters. The van der Waals surface area contributed by atoms with Crippen LogP contribution in [-0.2, 0) is 6.42 Å². The van der Waals surface area contributed by atoms with Gasteiger partial charge >= 0.3 is 0 Å². The predicted octanol–water partition coefficient (Wildman–Crippen LogP) is 3.30. The van der Waals surface area contributed by atoms with Gasteiger partial charge in [-0.3, -0.25) is 4.99 Å². The fraction of sp³-hybridized carbons (Fsp3) is 0.438. The highest BCUT2D eigenvalue weighted by molar-refractivity contribution is 6.31. The van der Waals surface area contributed by atoms with Crippen LogP contribution < -0.4 is 10.6 Å². The summed E-state index contributed by atoms with van der Waals surface area (Å²) < 4.78 is 13.7. The SMILES string of the molecule is CCNC(=NCCc1c(F)cccc1Cl)NC1CC=CC1. The Labute approximate surface area is 130 Å². The second kappa shape index (κ2) is 8.03. The molecule has 0 atom stereocenters. The van der Waals surface area contributed by atoms with Crippen LogP contribution in [0.4, 0.5) is 4.39 Å². The zero-order valence-corrected chi connectivity index (χ0v) is 13.0. The number of nitrogens with one attached hydrogen (secondary N) is 2. The number of guanidine groups is 1. The molecule has 0 saturated heterocycles. The molecule has 0 aliphatic heterocycles. The maximum absolute atomic E-state index is 13.7. The second-order valence-corrected chi connectivity index (χ2v) is 5.40. The van der Waals surface area contributed by atoms with Crippen molar-refractivity contribution in [3.63, 3.8) is 0 Å². The molecule has 0 bridgehead atoms. The molecule has 2 N–H and O–H groups in total. The molecule has 0 spiro atoms. The van der Waals surface area contributed by atoms with Crippen LogP contribution in [0.15, 0.2) is 35.3 Å². The lowest BCUT2D eigenvalue weighted by molar-refractivity contribution is 0.608. The van der Waals surface area contributed by atoms with Gasteiger partial charge in [0.05, 0.1) is 0 Å². The van der Waals surface area contributed by atoms with Crippen molar-refractivity contribution < 1.29 is 4.39 Å². The van der Waals surface area contributed by atoms with E-state index in [2.05, 4.69) is 27.8 Å². The van der Waals surface area contributed by atoms with Crippen molar-refractivity contribution in [1.29, 1.82) is 0 Å². The molecule has 1 aliphatic carbocycles. The largest absolute Gasteiger partial charge is 0.357 e. The van der Waals surface area contributed by atoms with Crippen LogP contribution in [0.5, 0.6) is 0 Å². The first-order valence-corrected chi connectivity index (χ1v) is 7.71. The van der Waals surface area contributed by atoms with Gasteiger partial charge in [0.15, 0.2) is 5.96 Å². The van der Waals surface area contributed by atoms with E-state index in [1.165, 1.54) is 6.07 Å². The normalized spacial score (nSPS) is 15.5. The average molecular weight is 310 g/mol. The maximum atomic E-state index is 13.7. The highest BCUT2D eigenvalue weighted by atomic mass is 35.5. The number of hydrogen-bond acceptors (Lipinski definition) is 1. The number of benzene rings is 1. The van der Waals surface area contributed by atoms with Gasteiger partial charge < -0.3 is 10.6 Å². The second-order valence-electron chi connectivity index (χ2n) is 4.99. The minimum absolute atomic E-state index is 0.268. The van der Waals surface area contributed by atoms with Crippen molar-refractivity contribution in [2.45, 2.75) is 32.2 Å². The van der Waals surface area contributed by atoms with Gasteiger partial charge in [-0.05, 0) is 38.3 Å². The minimum atomic E-state index is -0.268. The Kier molecular flexibility index (Phi) is 6.05. The van der Waals surface area contributed by atoms with Crippen molar-refractivity contribution in [1.82, 2.24) is 10.6 Å². The van der Waals surface area contributed by atoms with Crippen LogP contribution in [0.25, 0.3) is 0 Å². The summed E-state index contributed by atoms with van der Waals surface area (Å²) in [5.74, 6) is 0.509. The average Bonchev–Trinajstić information content (AvgIpc) is 2.95. The number of aliphatic imine (C=N–C) groups is 1. The minimum Gasteiger partial charge on any atom is -0.357 e. The quantitative estimate of drug-likeness (QED) is 0.497. The summed E-state index contributed by atoms with van der Waals surface area (Å²) in [6.07, 6.45) is 6.86. The molecular weight excluding hydrogens is 289 g/mol. The molecule has 0 saturated carbocycles. The summed E-state index contributed by atoms with van der Waals surface area (Å²) in [6, 6.07) is 5.15. The summed E-state index contributed by atoms with van der Waals surface area (Å²) in [7, 11) is 0. The lowest BCUT2D eigenvalue weighted by atomic mass is 10.1. The molecular formula is C16H21ClFN3. The molecule has 2 rings (SSSR count). The van der Waals surface area contributed by atoms with Crippen molar-refractivity contribution in [3.8, 4) is 0 Å². The Hall–Kier alpha value is -1.55. The molecule has 1 aromatic carbocycles. The van der Waals surface area contributed by atoms with Crippen LogP contribution >= 0.6 is 11.6 Å². The van der Waals surface area contributed by atoms with Crippen molar-refractivity contribution in [3.05, 3.63) is 46.8 Å². The van der Waals surface area contributed by atoms with E-state index in [0.717, 1.165) is 25.3 Å². The Morgan fingerprint density at radius 3 is 2.81 bits per heavy atom. The van der Waals surface area contributed by atoms with Gasteiger partial charge in [0.2, 0.25) is 0 Å². The van der Waals surface area contributed by atoms with Gasteiger partial charge in [-0.15, -0.1) is 0 Å². The maximum Gasteiger partial charge on any atom is 0.191 e. The first kappa shape index (κ1) is 15.8. The van der Waals surface area contributed by atoms with Crippen LogP contribution in [0.2, 0.25) is 5.02 Å². The first-order chi connectivity index (χ1) is 10.2. The third-order valence-corrected chi connectivity index (χ3v) is 3.74. The van der Waals surface area contributed by atoms with E-state index in [0.29, 0.717) is 29.6 Å². The van der Waals surface area contributed by atoms with Crippen LogP contribution in [0.1, 0.15) is 25.3 Å². The first-order valence-electron chi connectivity index (χ1n) is 7.33. The molecule has 3 nitrogen and oxygen atoms in total. The lowest BCUT2D eigenvalue weighted by Crippen LogP contribution is -2.42. The highest BCUT2D eigenvalue weighted by Gasteiger charge is 2.11. The number of rotatable bonds is 5. The van der Waals surface area contributed by atoms with Gasteiger partial charge in [0, 0.05) is 29.7 Å². The molecule has 21 heavy (non-hydrogen) atoms. The lowest BCUT2D eigenvalue weighted by Gasteiger charge is -2.16. The Morgan fingerprint density at radius 2 is 2.14 bits per heavy atom. The van der Waals surface area contributed by atoms with E-state index in [4.69, 9.17) is 11.6 Å². The van der Waals surface area contributed by atoms with E-state index >= 15 is 0 Å². The van der Waals surface area contributed by atoms with Gasteiger partial charge in [-0.1, -0.05) is 29.8 Å².